The first-order chi connectivity index (χ1) is 8.30. The Balaban J connectivity index is 2.64. The van der Waals surface area contributed by atoms with Crippen molar-refractivity contribution in [2.24, 2.45) is 0 Å². The average molecular weight is 353 g/mol. The Bertz CT molecular complexity index is 615. The van der Waals surface area contributed by atoms with Crippen LogP contribution in [-0.2, 0) is 20.3 Å². The molecule has 0 saturated carbocycles. The highest BCUT2D eigenvalue weighted by molar-refractivity contribution is 9.10. The van der Waals surface area contributed by atoms with Gasteiger partial charge in [-0.15, -0.1) is 0 Å². The van der Waals surface area contributed by atoms with Gasteiger partial charge in [0.25, 0.3) is 9.05 Å². The van der Waals surface area contributed by atoms with Crippen LogP contribution in [0.3, 0.4) is 0 Å². The van der Waals surface area contributed by atoms with Crippen molar-refractivity contribution < 1.29 is 13.2 Å². The molecule has 2 rings (SSSR count). The summed E-state index contributed by atoms with van der Waals surface area (Å²) >= 11 is 3.20. The molecule has 0 atom stereocenters. The summed E-state index contributed by atoms with van der Waals surface area (Å²) in [6.45, 7) is 2.07. The average Bonchev–Trinajstić information content (AvgIpc) is 2.25. The van der Waals surface area contributed by atoms with E-state index < -0.39 is 9.05 Å². The van der Waals surface area contributed by atoms with Gasteiger partial charge in [-0.05, 0) is 46.5 Å². The van der Waals surface area contributed by atoms with Crippen molar-refractivity contribution in [3.8, 4) is 0 Å². The summed E-state index contributed by atoms with van der Waals surface area (Å²) in [5.41, 5.74) is 1.59. The zero-order valence-electron chi connectivity index (χ0n) is 9.61. The number of amides is 1. The van der Waals surface area contributed by atoms with Gasteiger partial charge in [0.2, 0.25) is 5.91 Å². The molecule has 0 fully saturated rings. The highest BCUT2D eigenvalue weighted by Crippen LogP contribution is 2.35. The van der Waals surface area contributed by atoms with Crippen LogP contribution >= 0.6 is 26.6 Å². The maximum Gasteiger partial charge on any atom is 0.262 e. The van der Waals surface area contributed by atoms with E-state index >= 15 is 0 Å². The molecule has 0 aliphatic carbocycles. The summed E-state index contributed by atoms with van der Waals surface area (Å²) in [5, 5.41) is 0. The minimum absolute atomic E-state index is 0.00364. The highest BCUT2D eigenvalue weighted by Gasteiger charge is 2.24. The van der Waals surface area contributed by atoms with E-state index in [4.69, 9.17) is 10.7 Å². The van der Waals surface area contributed by atoms with E-state index in [1.54, 1.807) is 11.0 Å². The molecular formula is C11H11BrClNO3S. The van der Waals surface area contributed by atoms with Crippen molar-refractivity contribution in [1.82, 2.24) is 0 Å². The molecule has 0 aromatic heterocycles. The van der Waals surface area contributed by atoms with Gasteiger partial charge in [-0.25, -0.2) is 8.42 Å². The maximum absolute atomic E-state index is 11.5. The van der Waals surface area contributed by atoms with Gasteiger partial charge in [-0.2, -0.15) is 0 Å². The van der Waals surface area contributed by atoms with Gasteiger partial charge in [-0.3, -0.25) is 4.79 Å². The number of benzene rings is 1. The summed E-state index contributed by atoms with van der Waals surface area (Å²) in [6.07, 6.45) is 1.69. The molecule has 1 amide bonds. The van der Waals surface area contributed by atoms with Crippen LogP contribution in [-0.4, -0.2) is 20.9 Å². The van der Waals surface area contributed by atoms with Crippen LogP contribution < -0.4 is 4.90 Å². The summed E-state index contributed by atoms with van der Waals surface area (Å²) in [5.74, 6) is -0.101. The Morgan fingerprint density at radius 1 is 1.44 bits per heavy atom. The first-order valence-corrected chi connectivity index (χ1v) is 8.46. The van der Waals surface area contributed by atoms with Crippen LogP contribution in [0.25, 0.3) is 0 Å². The normalized spacial score (nSPS) is 15.4. The lowest BCUT2D eigenvalue weighted by molar-refractivity contribution is -0.116. The SMILES string of the molecule is CC(=O)N1CCCc2cc(Br)c(S(=O)(=O)Cl)cc21. The molecule has 7 heteroatoms. The van der Waals surface area contributed by atoms with E-state index in [1.807, 2.05) is 0 Å². The zero-order chi connectivity index (χ0) is 13.5. The molecule has 1 heterocycles. The molecule has 0 N–H and O–H groups in total. The largest absolute Gasteiger partial charge is 0.312 e. The van der Waals surface area contributed by atoms with E-state index in [9.17, 15) is 13.2 Å². The third kappa shape index (κ3) is 2.55. The van der Waals surface area contributed by atoms with Crippen LogP contribution in [0.2, 0.25) is 0 Å². The van der Waals surface area contributed by atoms with E-state index in [0.29, 0.717) is 16.7 Å². The molecule has 0 spiro atoms. The first kappa shape index (κ1) is 13.8. The summed E-state index contributed by atoms with van der Waals surface area (Å²) < 4.78 is 23.3. The fraction of sp³-hybridized carbons (Fsp3) is 0.364. The molecule has 18 heavy (non-hydrogen) atoms. The smallest absolute Gasteiger partial charge is 0.262 e. The second kappa shape index (κ2) is 4.83. The molecule has 98 valence electrons. The number of anilines is 1. The Kier molecular flexibility index (Phi) is 3.71. The van der Waals surface area contributed by atoms with Gasteiger partial charge < -0.3 is 4.90 Å². The minimum atomic E-state index is -3.83. The molecule has 0 radical (unpaired) electrons. The van der Waals surface area contributed by atoms with Gasteiger partial charge in [0.05, 0.1) is 4.90 Å². The lowest BCUT2D eigenvalue weighted by Gasteiger charge is -2.29. The van der Waals surface area contributed by atoms with Crippen LogP contribution in [0.5, 0.6) is 0 Å². The molecule has 0 saturated heterocycles. The fourth-order valence-electron chi connectivity index (χ4n) is 2.10. The minimum Gasteiger partial charge on any atom is -0.312 e. The van der Waals surface area contributed by atoms with Crippen LogP contribution in [0, 0.1) is 0 Å². The number of rotatable bonds is 1. The second-order valence-corrected chi connectivity index (χ2v) is 7.51. The maximum atomic E-state index is 11.5. The predicted molar refractivity (Wildman–Crippen MR) is 73.5 cm³/mol. The van der Waals surface area contributed by atoms with Gasteiger partial charge in [0.15, 0.2) is 0 Å². The monoisotopic (exact) mass is 351 g/mol. The van der Waals surface area contributed by atoms with E-state index in [2.05, 4.69) is 15.9 Å². The van der Waals surface area contributed by atoms with Crippen LogP contribution in [0.1, 0.15) is 18.9 Å². The number of hydrogen-bond donors (Lipinski definition) is 0. The summed E-state index contributed by atoms with van der Waals surface area (Å²) in [7, 11) is 1.54. The number of halogens is 2. The number of aryl methyl sites for hydroxylation is 1. The molecule has 1 aromatic carbocycles. The van der Waals surface area contributed by atoms with E-state index in [0.717, 1.165) is 18.4 Å². The topological polar surface area (TPSA) is 54.5 Å². The Morgan fingerprint density at radius 3 is 2.67 bits per heavy atom. The third-order valence-electron chi connectivity index (χ3n) is 2.89. The van der Waals surface area contributed by atoms with Gasteiger partial charge in [-0.1, -0.05) is 0 Å². The second-order valence-electron chi connectivity index (χ2n) is 4.12. The van der Waals surface area contributed by atoms with Crippen molar-refractivity contribution >= 4 is 47.3 Å². The van der Waals surface area contributed by atoms with Crippen molar-refractivity contribution in [3.63, 3.8) is 0 Å². The fourth-order valence-corrected chi connectivity index (χ4v) is 4.33. The van der Waals surface area contributed by atoms with Crippen molar-refractivity contribution in [3.05, 3.63) is 22.2 Å². The third-order valence-corrected chi connectivity index (χ3v) is 5.17. The molecule has 0 unspecified atom stereocenters. The zero-order valence-corrected chi connectivity index (χ0v) is 12.8. The van der Waals surface area contributed by atoms with Gasteiger partial charge in [0.1, 0.15) is 0 Å². The summed E-state index contributed by atoms with van der Waals surface area (Å²) in [6, 6.07) is 3.18. The number of hydrogen-bond acceptors (Lipinski definition) is 3. The standard InChI is InChI=1S/C11H11BrClNO3S/c1-7(15)14-4-2-3-8-5-9(12)11(6-10(8)14)18(13,16)17/h5-6H,2-4H2,1H3. The number of nitrogens with zero attached hydrogens (tertiary/aromatic N) is 1. The molecule has 1 aliphatic rings. The first-order valence-electron chi connectivity index (χ1n) is 5.36. The number of carbonyl (C=O) groups is 1. The Hall–Kier alpha value is -0.590. The van der Waals surface area contributed by atoms with Crippen molar-refractivity contribution in [2.45, 2.75) is 24.7 Å². The van der Waals surface area contributed by atoms with Crippen molar-refractivity contribution in [2.75, 3.05) is 11.4 Å². The Labute approximate surface area is 118 Å². The molecule has 0 bridgehead atoms. The van der Waals surface area contributed by atoms with Crippen LogP contribution in [0.4, 0.5) is 5.69 Å². The molecule has 4 nitrogen and oxygen atoms in total. The quantitative estimate of drug-likeness (QED) is 0.730. The molecule has 1 aliphatic heterocycles. The van der Waals surface area contributed by atoms with Crippen LogP contribution in [0.15, 0.2) is 21.5 Å². The highest BCUT2D eigenvalue weighted by atomic mass is 79.9. The molecule has 1 aromatic rings. The van der Waals surface area contributed by atoms with E-state index in [1.165, 1.54) is 13.0 Å². The number of carbonyl (C=O) groups excluding carboxylic acids is 1. The molecular weight excluding hydrogens is 342 g/mol. The van der Waals surface area contributed by atoms with Gasteiger partial charge in [0, 0.05) is 34.3 Å². The van der Waals surface area contributed by atoms with Crippen molar-refractivity contribution in [1.29, 1.82) is 0 Å². The Morgan fingerprint density at radius 2 is 2.11 bits per heavy atom. The number of fused-ring (bicyclic) bond motifs is 1. The van der Waals surface area contributed by atoms with E-state index in [-0.39, 0.29) is 10.8 Å². The predicted octanol–water partition coefficient (Wildman–Crippen LogP) is 2.68. The lowest BCUT2D eigenvalue weighted by Crippen LogP contribution is -2.33. The lowest BCUT2D eigenvalue weighted by atomic mass is 10.0. The van der Waals surface area contributed by atoms with Gasteiger partial charge >= 0.3 is 0 Å². The summed E-state index contributed by atoms with van der Waals surface area (Å²) in [4.78, 5) is 13.1.